The van der Waals surface area contributed by atoms with Gasteiger partial charge in [0.1, 0.15) is 0 Å². The van der Waals surface area contributed by atoms with Crippen molar-refractivity contribution in [3.63, 3.8) is 0 Å². The summed E-state index contributed by atoms with van der Waals surface area (Å²) in [5, 5.41) is 14.4. The Kier molecular flexibility index (Phi) is 5.14. The Morgan fingerprint density at radius 1 is 1.15 bits per heavy atom. The number of amides is 2. The normalized spacial score (nSPS) is 16.4. The maximum atomic E-state index is 11.6. The van der Waals surface area contributed by atoms with E-state index in [-0.39, 0.29) is 18.4 Å². The summed E-state index contributed by atoms with van der Waals surface area (Å²) in [5.74, 6) is -1.04. The number of carboxylic acid groups (broad SMARTS) is 1. The van der Waals surface area contributed by atoms with Gasteiger partial charge in [-0.25, -0.2) is 0 Å². The van der Waals surface area contributed by atoms with Crippen molar-refractivity contribution in [2.24, 2.45) is 10.8 Å². The molecular weight excluding hydrogens is 260 g/mol. The first-order chi connectivity index (χ1) is 9.17. The van der Waals surface area contributed by atoms with Gasteiger partial charge in [0.25, 0.3) is 0 Å². The first kappa shape index (κ1) is 16.5. The number of aliphatic carboxylic acids is 1. The van der Waals surface area contributed by atoms with E-state index in [1.165, 1.54) is 0 Å². The van der Waals surface area contributed by atoms with Crippen LogP contribution in [0.15, 0.2) is 0 Å². The van der Waals surface area contributed by atoms with E-state index in [0.717, 1.165) is 0 Å². The van der Waals surface area contributed by atoms with Crippen LogP contribution in [-0.4, -0.2) is 36.0 Å². The Bertz CT molecular complexity index is 394. The molecule has 1 saturated carbocycles. The van der Waals surface area contributed by atoms with Crippen molar-refractivity contribution in [1.82, 2.24) is 10.6 Å². The van der Waals surface area contributed by atoms with Crippen molar-refractivity contribution in [2.45, 2.75) is 46.5 Å². The molecule has 0 atom stereocenters. The maximum absolute atomic E-state index is 11.6. The fourth-order valence-corrected chi connectivity index (χ4v) is 1.69. The summed E-state index contributed by atoms with van der Waals surface area (Å²) in [7, 11) is 0. The highest BCUT2D eigenvalue weighted by atomic mass is 16.4. The molecule has 0 unspecified atom stereocenters. The summed E-state index contributed by atoms with van der Waals surface area (Å²) < 4.78 is 0. The molecule has 0 aliphatic heterocycles. The van der Waals surface area contributed by atoms with Crippen molar-refractivity contribution in [2.75, 3.05) is 13.1 Å². The first-order valence-corrected chi connectivity index (χ1v) is 6.96. The molecule has 1 fully saturated rings. The largest absolute Gasteiger partial charge is 0.481 e. The number of carbonyl (C=O) groups is 3. The predicted molar refractivity (Wildman–Crippen MR) is 74.0 cm³/mol. The van der Waals surface area contributed by atoms with Crippen molar-refractivity contribution >= 4 is 17.8 Å². The van der Waals surface area contributed by atoms with Crippen LogP contribution in [0.4, 0.5) is 0 Å². The zero-order chi connectivity index (χ0) is 15.4. The highest BCUT2D eigenvalue weighted by Crippen LogP contribution is 2.45. The number of nitrogens with one attached hydrogen (secondary N) is 2. The molecule has 114 valence electrons. The quantitative estimate of drug-likeness (QED) is 0.605. The highest BCUT2D eigenvalue weighted by Gasteiger charge is 2.50. The number of hydrogen-bond donors (Lipinski definition) is 3. The van der Waals surface area contributed by atoms with Gasteiger partial charge in [-0.15, -0.1) is 0 Å². The van der Waals surface area contributed by atoms with Gasteiger partial charge in [0.05, 0.1) is 5.41 Å². The number of carbonyl (C=O) groups excluding carboxylic acids is 2. The molecular formula is C14H24N2O4. The average molecular weight is 284 g/mol. The maximum Gasteiger partial charge on any atom is 0.311 e. The van der Waals surface area contributed by atoms with Gasteiger partial charge in [-0.05, 0) is 19.3 Å². The average Bonchev–Trinajstić information content (AvgIpc) is 3.11. The van der Waals surface area contributed by atoms with Crippen LogP contribution >= 0.6 is 0 Å². The number of carboxylic acids is 1. The standard InChI is InChI=1S/C14H24N2O4/c1-13(2,3)11(18)15-8-4-5-10(17)16-9-14(6-7-14)12(19)20/h4-9H2,1-3H3,(H,15,18)(H,16,17)(H,19,20). The minimum atomic E-state index is -0.838. The van der Waals surface area contributed by atoms with Gasteiger partial charge in [-0.2, -0.15) is 0 Å². The van der Waals surface area contributed by atoms with Crippen molar-refractivity contribution in [3.8, 4) is 0 Å². The van der Waals surface area contributed by atoms with E-state index in [4.69, 9.17) is 5.11 Å². The molecule has 6 heteroatoms. The third kappa shape index (κ3) is 4.83. The molecule has 0 saturated heterocycles. The van der Waals surface area contributed by atoms with Crippen LogP contribution < -0.4 is 10.6 Å². The zero-order valence-electron chi connectivity index (χ0n) is 12.4. The van der Waals surface area contributed by atoms with Gasteiger partial charge in [-0.3, -0.25) is 14.4 Å². The molecule has 6 nitrogen and oxygen atoms in total. The van der Waals surface area contributed by atoms with Gasteiger partial charge >= 0.3 is 5.97 Å². The first-order valence-electron chi connectivity index (χ1n) is 6.96. The summed E-state index contributed by atoms with van der Waals surface area (Å²) in [5.41, 5.74) is -1.15. The minimum Gasteiger partial charge on any atom is -0.481 e. The lowest BCUT2D eigenvalue weighted by Crippen LogP contribution is -2.36. The summed E-state index contributed by atoms with van der Waals surface area (Å²) >= 11 is 0. The third-order valence-electron chi connectivity index (χ3n) is 3.48. The molecule has 1 aliphatic carbocycles. The van der Waals surface area contributed by atoms with E-state index in [1.807, 2.05) is 20.8 Å². The monoisotopic (exact) mass is 284 g/mol. The molecule has 0 aromatic rings. The Balaban J connectivity index is 2.12. The molecule has 20 heavy (non-hydrogen) atoms. The van der Waals surface area contributed by atoms with Crippen molar-refractivity contribution < 1.29 is 19.5 Å². The Labute approximate surface area is 119 Å². The van der Waals surface area contributed by atoms with E-state index in [2.05, 4.69) is 10.6 Å². The lowest BCUT2D eigenvalue weighted by atomic mass is 9.96. The number of rotatable bonds is 7. The van der Waals surface area contributed by atoms with Gasteiger partial charge in [0, 0.05) is 24.9 Å². The predicted octanol–water partition coefficient (Wildman–Crippen LogP) is 0.910. The molecule has 0 bridgehead atoms. The number of hydrogen-bond acceptors (Lipinski definition) is 3. The fourth-order valence-electron chi connectivity index (χ4n) is 1.69. The van der Waals surface area contributed by atoms with Crippen LogP contribution in [-0.2, 0) is 14.4 Å². The summed E-state index contributed by atoms with van der Waals surface area (Å²) in [6.07, 6.45) is 2.10. The molecule has 0 radical (unpaired) electrons. The van der Waals surface area contributed by atoms with E-state index in [9.17, 15) is 14.4 Å². The highest BCUT2D eigenvalue weighted by molar-refractivity contribution is 5.82. The fraction of sp³-hybridized carbons (Fsp3) is 0.786. The molecule has 3 N–H and O–H groups in total. The lowest BCUT2D eigenvalue weighted by Gasteiger charge is -2.17. The zero-order valence-corrected chi connectivity index (χ0v) is 12.4. The lowest BCUT2D eigenvalue weighted by molar-refractivity contribution is -0.143. The molecule has 0 spiro atoms. The van der Waals surface area contributed by atoms with Crippen molar-refractivity contribution in [3.05, 3.63) is 0 Å². The second-order valence-electron chi connectivity index (χ2n) is 6.47. The van der Waals surface area contributed by atoms with Gasteiger partial charge < -0.3 is 15.7 Å². The van der Waals surface area contributed by atoms with Crippen LogP contribution in [0.3, 0.4) is 0 Å². The SMILES string of the molecule is CC(C)(C)C(=O)NCCCC(=O)NCC1(C(=O)O)CC1. The Morgan fingerprint density at radius 2 is 1.75 bits per heavy atom. The van der Waals surface area contributed by atoms with Gasteiger partial charge in [0.15, 0.2) is 0 Å². The van der Waals surface area contributed by atoms with E-state index in [1.54, 1.807) is 0 Å². The minimum absolute atomic E-state index is 0.0410. The second kappa shape index (κ2) is 6.24. The molecule has 0 aromatic heterocycles. The Hall–Kier alpha value is -1.59. The van der Waals surface area contributed by atoms with Crippen LogP contribution in [0, 0.1) is 10.8 Å². The van der Waals surface area contributed by atoms with Crippen LogP contribution in [0.25, 0.3) is 0 Å². The molecule has 0 aromatic carbocycles. The van der Waals surface area contributed by atoms with Crippen LogP contribution in [0.1, 0.15) is 46.5 Å². The van der Waals surface area contributed by atoms with Crippen LogP contribution in [0.5, 0.6) is 0 Å². The third-order valence-corrected chi connectivity index (χ3v) is 3.48. The summed E-state index contributed by atoms with van der Waals surface area (Å²) in [6, 6.07) is 0. The molecule has 1 rings (SSSR count). The van der Waals surface area contributed by atoms with Gasteiger partial charge in [-0.1, -0.05) is 20.8 Å². The Morgan fingerprint density at radius 3 is 2.20 bits per heavy atom. The van der Waals surface area contributed by atoms with E-state index in [0.29, 0.717) is 32.2 Å². The molecule has 0 heterocycles. The molecule has 2 amide bonds. The van der Waals surface area contributed by atoms with E-state index < -0.39 is 16.8 Å². The smallest absolute Gasteiger partial charge is 0.311 e. The summed E-state index contributed by atoms with van der Waals surface area (Å²) in [6.45, 7) is 6.14. The second-order valence-corrected chi connectivity index (χ2v) is 6.47. The summed E-state index contributed by atoms with van der Waals surface area (Å²) in [4.78, 5) is 34.1. The van der Waals surface area contributed by atoms with E-state index >= 15 is 0 Å². The van der Waals surface area contributed by atoms with Crippen LogP contribution in [0.2, 0.25) is 0 Å². The molecule has 1 aliphatic rings. The topological polar surface area (TPSA) is 95.5 Å². The van der Waals surface area contributed by atoms with Crippen molar-refractivity contribution in [1.29, 1.82) is 0 Å². The van der Waals surface area contributed by atoms with Gasteiger partial charge in [0.2, 0.25) is 11.8 Å².